The van der Waals surface area contributed by atoms with Crippen molar-refractivity contribution in [1.82, 2.24) is 0 Å². The van der Waals surface area contributed by atoms with Gasteiger partial charge in [0.1, 0.15) is 0 Å². The quantitative estimate of drug-likeness (QED) is 0.373. The van der Waals surface area contributed by atoms with Gasteiger partial charge in [-0.15, -0.1) is 0 Å². The minimum atomic E-state index is -3.42. The second-order valence-corrected chi connectivity index (χ2v) is 17.8. The second kappa shape index (κ2) is 10.5. The Kier molecular flexibility index (Phi) is 7.72. The number of carbonyl (C=O) groups is 1. The number of hydrogen-bond donors (Lipinski definition) is 0. The van der Waals surface area contributed by atoms with E-state index in [1.54, 1.807) is 0 Å². The van der Waals surface area contributed by atoms with Crippen LogP contribution >= 0.6 is 0 Å². The van der Waals surface area contributed by atoms with Crippen LogP contribution in [0.4, 0.5) is 0 Å². The molecule has 0 N–H and O–H groups in total. The van der Waals surface area contributed by atoms with Crippen molar-refractivity contribution in [2.75, 3.05) is 0 Å². The van der Waals surface area contributed by atoms with Crippen LogP contribution in [0.5, 0.6) is 0 Å². The van der Waals surface area contributed by atoms with Crippen molar-refractivity contribution in [2.24, 2.45) is 0 Å². The first kappa shape index (κ1) is 20.7. The number of rotatable bonds is 9. The van der Waals surface area contributed by atoms with Gasteiger partial charge in [0.2, 0.25) is 0 Å². The summed E-state index contributed by atoms with van der Waals surface area (Å²) in [5, 5.41) is 0. The first-order chi connectivity index (χ1) is 13.7. The van der Waals surface area contributed by atoms with Gasteiger partial charge in [-0.1, -0.05) is 0 Å². The third-order valence-corrected chi connectivity index (χ3v) is 15.8. The number of carbonyl (C=O) groups excluding carboxylic acids is 1. The van der Waals surface area contributed by atoms with E-state index in [0.717, 1.165) is 19.7 Å². The van der Waals surface area contributed by atoms with E-state index in [2.05, 4.69) is 72.8 Å². The summed E-state index contributed by atoms with van der Waals surface area (Å²) in [5.74, 6) is -0.0268. The molecule has 28 heavy (non-hydrogen) atoms. The second-order valence-electron chi connectivity index (χ2n) is 7.39. The third-order valence-electron chi connectivity index (χ3n) is 4.89. The molecule has 0 amide bonds. The molecule has 0 aliphatic heterocycles. The molecule has 3 rings (SSSR count). The van der Waals surface area contributed by atoms with Gasteiger partial charge in [0.05, 0.1) is 0 Å². The van der Waals surface area contributed by atoms with E-state index in [4.69, 9.17) is 3.07 Å². The molecule has 0 aliphatic rings. The van der Waals surface area contributed by atoms with Gasteiger partial charge in [0, 0.05) is 0 Å². The Morgan fingerprint density at radius 3 is 1.36 bits per heavy atom. The van der Waals surface area contributed by atoms with Crippen LogP contribution in [0, 0.1) is 0 Å². The van der Waals surface area contributed by atoms with Gasteiger partial charge in [-0.2, -0.15) is 0 Å². The molecule has 0 fully saturated rings. The normalized spacial score (nSPS) is 11.2. The summed E-state index contributed by atoms with van der Waals surface area (Å²) < 4.78 is 9.15. The van der Waals surface area contributed by atoms with Gasteiger partial charge in [-0.05, 0) is 0 Å². The molecule has 2 nitrogen and oxygen atoms in total. The molecule has 0 radical (unpaired) electrons. The zero-order valence-electron chi connectivity index (χ0n) is 16.5. The molecule has 0 saturated carbocycles. The summed E-state index contributed by atoms with van der Waals surface area (Å²) in [6.07, 6.45) is 1.32. The van der Waals surface area contributed by atoms with Crippen molar-refractivity contribution in [3.05, 3.63) is 108 Å². The van der Waals surface area contributed by atoms with Crippen LogP contribution in [0.2, 0.25) is 0 Å². The molecule has 0 bridgehead atoms. The molecule has 0 aliphatic carbocycles. The van der Waals surface area contributed by atoms with E-state index in [1.807, 2.05) is 25.1 Å². The summed E-state index contributed by atoms with van der Waals surface area (Å²) in [7, 11) is 0. The zero-order valence-corrected chi connectivity index (χ0v) is 19.4. The molecular weight excluding hydrogens is 451 g/mol. The summed E-state index contributed by atoms with van der Waals surface area (Å²) in [5.41, 5.74) is 3.82. The van der Waals surface area contributed by atoms with E-state index in [1.165, 1.54) is 16.7 Å². The molecule has 0 saturated heterocycles. The van der Waals surface area contributed by atoms with Crippen LogP contribution in [0.15, 0.2) is 91.0 Å². The Bertz CT molecular complexity index is 746. The van der Waals surface area contributed by atoms with Gasteiger partial charge in [0.15, 0.2) is 0 Å². The van der Waals surface area contributed by atoms with Crippen molar-refractivity contribution < 1.29 is 7.87 Å². The summed E-state index contributed by atoms with van der Waals surface area (Å²) in [6, 6.07) is 31.5. The van der Waals surface area contributed by atoms with E-state index in [-0.39, 0.29) is 5.97 Å². The monoisotopic (exact) mass is 480 g/mol. The summed E-state index contributed by atoms with van der Waals surface area (Å²) in [6.45, 7) is 2.03. The molecule has 3 aromatic carbocycles. The van der Waals surface area contributed by atoms with Gasteiger partial charge in [-0.25, -0.2) is 0 Å². The predicted molar refractivity (Wildman–Crippen MR) is 117 cm³/mol. The molecule has 0 atom stereocenters. The van der Waals surface area contributed by atoms with Crippen molar-refractivity contribution in [1.29, 1.82) is 0 Å². The van der Waals surface area contributed by atoms with Crippen LogP contribution in [-0.4, -0.2) is 24.8 Å². The van der Waals surface area contributed by atoms with E-state index in [9.17, 15) is 4.79 Å². The van der Waals surface area contributed by atoms with Crippen molar-refractivity contribution in [3.63, 3.8) is 0 Å². The fourth-order valence-electron chi connectivity index (χ4n) is 3.70. The Morgan fingerprint density at radius 1 is 0.679 bits per heavy atom. The van der Waals surface area contributed by atoms with Crippen LogP contribution < -0.4 is 0 Å². The molecule has 3 heteroatoms. The first-order valence-corrected chi connectivity index (χ1v) is 17.2. The maximum atomic E-state index is 12.7. The average molecular weight is 479 g/mol. The zero-order chi connectivity index (χ0) is 19.7. The summed E-state index contributed by atoms with van der Waals surface area (Å²) >= 11 is -3.42. The van der Waals surface area contributed by atoms with Crippen molar-refractivity contribution in [2.45, 2.75) is 33.1 Å². The molecule has 0 spiro atoms. The van der Waals surface area contributed by atoms with Crippen LogP contribution in [0.25, 0.3) is 0 Å². The molecule has 144 valence electrons. The topological polar surface area (TPSA) is 26.3 Å². The van der Waals surface area contributed by atoms with Gasteiger partial charge < -0.3 is 0 Å². The third kappa shape index (κ3) is 6.23. The van der Waals surface area contributed by atoms with Crippen molar-refractivity contribution >= 4 is 24.8 Å². The Balaban J connectivity index is 1.98. The average Bonchev–Trinajstić information content (AvgIpc) is 2.70. The van der Waals surface area contributed by atoms with Gasteiger partial charge in [-0.3, -0.25) is 0 Å². The minimum absolute atomic E-state index is 0.0268. The Morgan fingerprint density at radius 2 is 1.04 bits per heavy atom. The van der Waals surface area contributed by atoms with Gasteiger partial charge >= 0.3 is 173 Å². The molecule has 0 aromatic heterocycles. The standard InChI is InChI=1S/3C7H7.C4H8O2.Sn/c3*1-7-5-3-2-4-6-7;1-2-3-4(5)6;/h3*2-6H,1H2;2-3H2,1H3,(H,5,6);/q;;;;+1/p-1. The SMILES string of the molecule is CCCC(=O)[O][Sn]([CH2]c1ccccc1)([CH2]c1ccccc1)[CH2]c1ccccc1. The molecule has 0 unspecified atom stereocenters. The molecular formula is C25H28O2Sn. The first-order valence-electron chi connectivity index (χ1n) is 10.0. The fourth-order valence-corrected chi connectivity index (χ4v) is 15.4. The number of hydrogen-bond acceptors (Lipinski definition) is 2. The molecule has 3 aromatic rings. The summed E-state index contributed by atoms with van der Waals surface area (Å²) in [4.78, 5) is 12.7. The van der Waals surface area contributed by atoms with E-state index < -0.39 is 18.8 Å². The van der Waals surface area contributed by atoms with E-state index >= 15 is 0 Å². The molecule has 0 heterocycles. The van der Waals surface area contributed by atoms with E-state index in [0.29, 0.717) is 6.42 Å². The van der Waals surface area contributed by atoms with Crippen molar-refractivity contribution in [3.8, 4) is 0 Å². The Hall–Kier alpha value is -2.07. The maximum absolute atomic E-state index is 12.7. The Labute approximate surface area is 173 Å². The number of benzene rings is 3. The fraction of sp³-hybridized carbons (Fsp3) is 0.240. The predicted octanol–water partition coefficient (Wildman–Crippen LogP) is 5.62. The van der Waals surface area contributed by atoms with Crippen LogP contribution in [-0.2, 0) is 21.2 Å². The van der Waals surface area contributed by atoms with Gasteiger partial charge in [0.25, 0.3) is 0 Å². The van der Waals surface area contributed by atoms with Crippen LogP contribution in [0.1, 0.15) is 36.5 Å². The van der Waals surface area contributed by atoms with Crippen LogP contribution in [0.3, 0.4) is 0 Å².